The summed E-state index contributed by atoms with van der Waals surface area (Å²) in [7, 11) is 0. The average molecular weight is 460 g/mol. The van der Waals surface area contributed by atoms with Crippen LogP contribution < -0.4 is 21.7 Å². The number of amides is 1. The number of carbonyl (C=O) groups is 1. The average Bonchev–Trinajstić information content (AvgIpc) is 3.53. The summed E-state index contributed by atoms with van der Waals surface area (Å²) in [5.41, 5.74) is 14.5. The number of oxazole rings is 1. The molecule has 1 saturated heterocycles. The van der Waals surface area contributed by atoms with Gasteiger partial charge in [0.15, 0.2) is 23.7 Å². The summed E-state index contributed by atoms with van der Waals surface area (Å²) in [5, 5.41) is 3.22. The van der Waals surface area contributed by atoms with E-state index < -0.39 is 5.91 Å². The Morgan fingerprint density at radius 3 is 2.50 bits per heavy atom. The Bertz CT molecular complexity index is 1290. The summed E-state index contributed by atoms with van der Waals surface area (Å²) in [5.74, 6) is 0.565. The molecule has 0 radical (unpaired) electrons. The minimum Gasteiger partial charge on any atom is -0.449 e. The minimum absolute atomic E-state index is 0.0369. The number of nitrogens with zero attached hydrogens (tertiary/aromatic N) is 4. The van der Waals surface area contributed by atoms with Gasteiger partial charge in [-0.3, -0.25) is 4.79 Å². The molecule has 4 heterocycles. The lowest BCUT2D eigenvalue weighted by atomic mass is 9.91. The number of aromatic nitrogens is 3. The van der Waals surface area contributed by atoms with Crippen LogP contribution in [-0.2, 0) is 0 Å². The summed E-state index contributed by atoms with van der Waals surface area (Å²) < 4.78 is 11.0. The Morgan fingerprint density at radius 2 is 1.85 bits per heavy atom. The topological polar surface area (TPSA) is 149 Å². The molecule has 1 fully saturated rings. The van der Waals surface area contributed by atoms with Crippen molar-refractivity contribution in [1.82, 2.24) is 15.0 Å². The highest BCUT2D eigenvalue weighted by atomic mass is 16.4. The van der Waals surface area contributed by atoms with Gasteiger partial charge in [-0.15, -0.1) is 0 Å². The molecule has 1 amide bonds. The van der Waals surface area contributed by atoms with Crippen LogP contribution in [0.15, 0.2) is 64.0 Å². The standard InChI is InChI=1S/C24H25N7O3/c1-24(26)8-10-31(11-9-24)16-4-2-15(3-5-16)29-23-28-12-17(20-13-27-14-33-20)21(30-23)18-6-7-19(34-18)22(25)32/h2-7,12-14H,8-11,26H2,1H3,(H2,25,32)(H,28,29,30). The lowest BCUT2D eigenvalue weighted by molar-refractivity contribution is 0.0974. The zero-order chi connectivity index (χ0) is 23.7. The highest BCUT2D eigenvalue weighted by Gasteiger charge is 2.26. The smallest absolute Gasteiger partial charge is 0.284 e. The minimum atomic E-state index is -0.662. The molecule has 0 bridgehead atoms. The molecular formula is C24H25N7O3. The third kappa shape index (κ3) is 4.48. The highest BCUT2D eigenvalue weighted by Crippen LogP contribution is 2.32. The van der Waals surface area contributed by atoms with E-state index in [1.807, 2.05) is 12.1 Å². The fourth-order valence-electron chi connectivity index (χ4n) is 3.92. The van der Waals surface area contributed by atoms with Gasteiger partial charge < -0.3 is 30.5 Å². The quantitative estimate of drug-likeness (QED) is 0.393. The van der Waals surface area contributed by atoms with Crippen molar-refractivity contribution in [2.75, 3.05) is 23.3 Å². The van der Waals surface area contributed by atoms with E-state index >= 15 is 0 Å². The maximum Gasteiger partial charge on any atom is 0.284 e. The zero-order valence-electron chi connectivity index (χ0n) is 18.7. The number of nitrogens with two attached hydrogens (primary N) is 2. The van der Waals surface area contributed by atoms with Gasteiger partial charge in [-0.05, 0) is 56.2 Å². The molecule has 1 aromatic carbocycles. The Morgan fingerprint density at radius 1 is 1.09 bits per heavy atom. The number of furan rings is 1. The van der Waals surface area contributed by atoms with Crippen LogP contribution in [-0.4, -0.2) is 39.5 Å². The van der Waals surface area contributed by atoms with Gasteiger partial charge in [0.25, 0.3) is 5.91 Å². The molecule has 174 valence electrons. The van der Waals surface area contributed by atoms with E-state index in [1.54, 1.807) is 18.5 Å². The number of carbonyl (C=O) groups excluding carboxylic acids is 1. The number of anilines is 3. The van der Waals surface area contributed by atoms with Gasteiger partial charge in [0.1, 0.15) is 5.69 Å². The molecule has 0 spiro atoms. The molecule has 0 unspecified atom stereocenters. The first-order valence-electron chi connectivity index (χ1n) is 10.9. The molecule has 3 aromatic heterocycles. The van der Waals surface area contributed by atoms with Crippen LogP contribution in [0.1, 0.15) is 30.3 Å². The maximum absolute atomic E-state index is 11.5. The molecular weight excluding hydrogens is 434 g/mol. The Kier molecular flexibility index (Phi) is 5.50. The summed E-state index contributed by atoms with van der Waals surface area (Å²) in [6, 6.07) is 11.2. The molecule has 5 rings (SSSR count). The van der Waals surface area contributed by atoms with Crippen molar-refractivity contribution in [2.24, 2.45) is 11.5 Å². The summed E-state index contributed by atoms with van der Waals surface area (Å²) in [6.45, 7) is 3.98. The molecule has 1 aliphatic heterocycles. The Labute approximate surface area is 196 Å². The van der Waals surface area contributed by atoms with Crippen LogP contribution >= 0.6 is 0 Å². The van der Waals surface area contributed by atoms with Gasteiger partial charge in [0.05, 0.1) is 11.8 Å². The highest BCUT2D eigenvalue weighted by molar-refractivity contribution is 5.90. The second kappa shape index (κ2) is 8.64. The normalized spacial score (nSPS) is 15.3. The van der Waals surface area contributed by atoms with Gasteiger partial charge in [-0.2, -0.15) is 0 Å². The zero-order valence-corrected chi connectivity index (χ0v) is 18.7. The predicted molar refractivity (Wildman–Crippen MR) is 128 cm³/mol. The van der Waals surface area contributed by atoms with E-state index in [-0.39, 0.29) is 11.3 Å². The third-order valence-electron chi connectivity index (χ3n) is 5.96. The number of hydrogen-bond acceptors (Lipinski definition) is 9. The number of piperidine rings is 1. The van der Waals surface area contributed by atoms with Gasteiger partial charge in [0.2, 0.25) is 5.95 Å². The maximum atomic E-state index is 11.5. The number of benzene rings is 1. The first kappa shape index (κ1) is 21.7. The van der Waals surface area contributed by atoms with Crippen molar-refractivity contribution in [1.29, 1.82) is 0 Å². The molecule has 4 aromatic rings. The Hall–Kier alpha value is -4.18. The fraction of sp³-hybridized carbons (Fsp3) is 0.250. The van der Waals surface area contributed by atoms with Gasteiger partial charge in [-0.1, -0.05) is 0 Å². The van der Waals surface area contributed by atoms with Crippen molar-refractivity contribution < 1.29 is 13.6 Å². The van der Waals surface area contributed by atoms with Crippen LogP contribution in [0.3, 0.4) is 0 Å². The SMILES string of the molecule is CC1(N)CCN(c2ccc(Nc3ncc(-c4cnco4)c(-c4ccc(C(N)=O)o4)n3)cc2)CC1. The van der Waals surface area contributed by atoms with Crippen molar-refractivity contribution in [3.05, 3.63) is 60.9 Å². The molecule has 0 atom stereocenters. The van der Waals surface area contributed by atoms with Gasteiger partial charge in [-0.25, -0.2) is 15.0 Å². The lowest BCUT2D eigenvalue weighted by Crippen LogP contribution is -2.48. The molecule has 5 N–H and O–H groups in total. The van der Waals surface area contributed by atoms with Crippen LogP contribution in [0.25, 0.3) is 22.8 Å². The molecule has 1 aliphatic rings. The molecule has 0 saturated carbocycles. The van der Waals surface area contributed by atoms with E-state index in [1.165, 1.54) is 12.5 Å². The van der Waals surface area contributed by atoms with E-state index in [9.17, 15) is 4.79 Å². The van der Waals surface area contributed by atoms with Crippen molar-refractivity contribution >= 4 is 23.2 Å². The predicted octanol–water partition coefficient (Wildman–Crippen LogP) is 3.55. The molecule has 0 aliphatic carbocycles. The van der Waals surface area contributed by atoms with Crippen LogP contribution in [0.2, 0.25) is 0 Å². The second-order valence-corrected chi connectivity index (χ2v) is 8.66. The molecule has 10 heteroatoms. The lowest BCUT2D eigenvalue weighted by Gasteiger charge is -2.38. The van der Waals surface area contributed by atoms with Crippen LogP contribution in [0.4, 0.5) is 17.3 Å². The number of primary amides is 1. The van der Waals surface area contributed by atoms with Crippen molar-refractivity contribution in [3.8, 4) is 22.8 Å². The van der Waals surface area contributed by atoms with Gasteiger partial charge >= 0.3 is 0 Å². The monoisotopic (exact) mass is 459 g/mol. The first-order chi connectivity index (χ1) is 16.4. The van der Waals surface area contributed by atoms with Crippen LogP contribution in [0.5, 0.6) is 0 Å². The van der Waals surface area contributed by atoms with Crippen molar-refractivity contribution in [3.63, 3.8) is 0 Å². The fourth-order valence-corrected chi connectivity index (χ4v) is 3.92. The molecule has 34 heavy (non-hydrogen) atoms. The second-order valence-electron chi connectivity index (χ2n) is 8.66. The van der Waals surface area contributed by atoms with Crippen LogP contribution in [0, 0.1) is 0 Å². The van der Waals surface area contributed by atoms with Crippen molar-refractivity contribution in [2.45, 2.75) is 25.3 Å². The molecule has 10 nitrogen and oxygen atoms in total. The summed E-state index contributed by atoms with van der Waals surface area (Å²) in [6.07, 6.45) is 6.42. The van der Waals surface area contributed by atoms with Gasteiger partial charge in [0, 0.05) is 36.2 Å². The van der Waals surface area contributed by atoms with E-state index in [0.29, 0.717) is 28.7 Å². The summed E-state index contributed by atoms with van der Waals surface area (Å²) >= 11 is 0. The first-order valence-corrected chi connectivity index (χ1v) is 10.9. The largest absolute Gasteiger partial charge is 0.449 e. The number of hydrogen-bond donors (Lipinski definition) is 3. The Balaban J connectivity index is 1.39. The van der Waals surface area contributed by atoms with E-state index in [4.69, 9.17) is 20.3 Å². The number of nitrogens with one attached hydrogen (secondary N) is 1. The third-order valence-corrected chi connectivity index (χ3v) is 5.96. The number of rotatable bonds is 6. The summed E-state index contributed by atoms with van der Waals surface area (Å²) in [4.78, 5) is 26.8. The van der Waals surface area contributed by atoms with E-state index in [2.05, 4.69) is 44.2 Å². The van der Waals surface area contributed by atoms with E-state index in [0.717, 1.165) is 37.3 Å².